The molecule has 2 N–H and O–H groups in total. The van der Waals surface area contributed by atoms with Crippen molar-refractivity contribution in [3.8, 4) is 0 Å². The lowest BCUT2D eigenvalue weighted by molar-refractivity contribution is 0.0754. The van der Waals surface area contributed by atoms with Gasteiger partial charge < -0.3 is 15.0 Å². The predicted octanol–water partition coefficient (Wildman–Crippen LogP) is 3.67. The molecule has 3 nitrogen and oxygen atoms in total. The number of aromatic nitrogens is 1. The van der Waals surface area contributed by atoms with Gasteiger partial charge in [0.1, 0.15) is 0 Å². The normalized spacial score (nSPS) is 21.2. The molecule has 114 valence electrons. The van der Waals surface area contributed by atoms with E-state index in [-0.39, 0.29) is 6.04 Å². The summed E-state index contributed by atoms with van der Waals surface area (Å²) in [6, 6.07) is 2.43. The van der Waals surface area contributed by atoms with Gasteiger partial charge in [0.05, 0.1) is 6.10 Å². The van der Waals surface area contributed by atoms with Gasteiger partial charge in [-0.05, 0) is 56.6 Å². The molecule has 1 aromatic heterocycles. The van der Waals surface area contributed by atoms with E-state index in [4.69, 9.17) is 10.5 Å². The Bertz CT molecular complexity index is 434. The highest BCUT2D eigenvalue weighted by Crippen LogP contribution is 2.39. The highest BCUT2D eigenvalue weighted by molar-refractivity contribution is 5.30. The van der Waals surface area contributed by atoms with E-state index in [1.807, 2.05) is 0 Å². The van der Waals surface area contributed by atoms with Crippen LogP contribution in [-0.4, -0.2) is 17.3 Å². The van der Waals surface area contributed by atoms with Crippen molar-refractivity contribution >= 4 is 0 Å². The van der Waals surface area contributed by atoms with E-state index in [2.05, 4.69) is 44.5 Å². The Morgan fingerprint density at radius 2 is 2.15 bits per heavy atom. The van der Waals surface area contributed by atoms with E-state index in [0.717, 1.165) is 32.4 Å². The zero-order valence-electron chi connectivity index (χ0n) is 13.5. The van der Waals surface area contributed by atoms with Crippen molar-refractivity contribution < 1.29 is 4.74 Å². The van der Waals surface area contributed by atoms with Crippen LogP contribution in [0.1, 0.15) is 64.3 Å². The first-order valence-electron chi connectivity index (χ1n) is 7.94. The Balaban J connectivity index is 1.91. The van der Waals surface area contributed by atoms with E-state index in [1.165, 1.54) is 17.7 Å². The molecule has 1 unspecified atom stereocenters. The number of nitrogens with two attached hydrogens (primary N) is 1. The van der Waals surface area contributed by atoms with Crippen LogP contribution in [0.25, 0.3) is 0 Å². The molecule has 0 radical (unpaired) electrons. The Morgan fingerprint density at radius 1 is 1.40 bits per heavy atom. The quantitative estimate of drug-likeness (QED) is 0.807. The smallest absolute Gasteiger partial charge is 0.0518 e. The van der Waals surface area contributed by atoms with E-state index >= 15 is 0 Å². The predicted molar refractivity (Wildman–Crippen MR) is 83.8 cm³/mol. The first kappa shape index (κ1) is 15.6. The van der Waals surface area contributed by atoms with Crippen LogP contribution in [0.5, 0.6) is 0 Å². The molecule has 0 saturated carbocycles. The second-order valence-corrected chi connectivity index (χ2v) is 7.19. The first-order chi connectivity index (χ1) is 9.39. The summed E-state index contributed by atoms with van der Waals surface area (Å²) in [6.45, 7) is 10.8. The van der Waals surface area contributed by atoms with Gasteiger partial charge in [-0.3, -0.25) is 0 Å². The molecule has 0 spiro atoms. The van der Waals surface area contributed by atoms with Gasteiger partial charge in [0.15, 0.2) is 0 Å². The van der Waals surface area contributed by atoms with E-state index < -0.39 is 0 Å². The van der Waals surface area contributed by atoms with Gasteiger partial charge in [-0.1, -0.05) is 13.8 Å². The van der Waals surface area contributed by atoms with Gasteiger partial charge in [0.25, 0.3) is 0 Å². The first-order valence-corrected chi connectivity index (χ1v) is 7.94. The molecule has 1 aliphatic carbocycles. The molecule has 3 heteroatoms. The number of fused-ring (bicyclic) bond motifs is 1. The number of rotatable bonds is 6. The Morgan fingerprint density at radius 3 is 2.85 bits per heavy atom. The average Bonchev–Trinajstić information content (AvgIpc) is 2.70. The van der Waals surface area contributed by atoms with Gasteiger partial charge in [-0.2, -0.15) is 0 Å². The lowest BCUT2D eigenvalue weighted by atomic mass is 9.74. The number of hydrogen-bond donors (Lipinski definition) is 1. The van der Waals surface area contributed by atoms with Crippen molar-refractivity contribution in [1.29, 1.82) is 0 Å². The van der Waals surface area contributed by atoms with Crippen molar-refractivity contribution in [2.75, 3.05) is 6.61 Å². The molecule has 0 bridgehead atoms. The number of aryl methyl sites for hydroxylation is 1. The fourth-order valence-corrected chi connectivity index (χ4v) is 3.21. The lowest BCUT2D eigenvalue weighted by Gasteiger charge is -2.34. The van der Waals surface area contributed by atoms with Crippen LogP contribution >= 0.6 is 0 Å². The van der Waals surface area contributed by atoms with Crippen molar-refractivity contribution in [2.45, 2.75) is 72.1 Å². The molecule has 0 fully saturated rings. The van der Waals surface area contributed by atoms with Crippen molar-refractivity contribution in [3.63, 3.8) is 0 Å². The molecule has 2 rings (SSSR count). The highest BCUT2D eigenvalue weighted by atomic mass is 16.5. The molecule has 0 aromatic carbocycles. The maximum atomic E-state index is 6.31. The summed E-state index contributed by atoms with van der Waals surface area (Å²) in [5.74, 6) is 0. The summed E-state index contributed by atoms with van der Waals surface area (Å²) in [6.07, 6.45) is 7.09. The van der Waals surface area contributed by atoms with E-state index in [0.29, 0.717) is 11.5 Å². The standard InChI is InChI=1S/C17H30N2O/c1-13(2)20-10-6-5-8-19-9-7-14-15(18)11-17(3,4)12-16(14)19/h7,9,13,15H,5-6,8,10-12,18H2,1-4H3. The molecular formula is C17H30N2O. The minimum absolute atomic E-state index is 0.208. The third-order valence-electron chi connectivity index (χ3n) is 4.18. The fraction of sp³-hybridized carbons (Fsp3) is 0.765. The van der Waals surface area contributed by atoms with Gasteiger partial charge in [0.2, 0.25) is 0 Å². The summed E-state index contributed by atoms with van der Waals surface area (Å²) >= 11 is 0. The Labute approximate surface area is 123 Å². The minimum atomic E-state index is 0.208. The van der Waals surface area contributed by atoms with E-state index in [1.54, 1.807) is 0 Å². The molecule has 20 heavy (non-hydrogen) atoms. The van der Waals surface area contributed by atoms with Crippen LogP contribution in [0.4, 0.5) is 0 Å². The second kappa shape index (κ2) is 6.31. The van der Waals surface area contributed by atoms with Crippen LogP contribution in [0.2, 0.25) is 0 Å². The maximum Gasteiger partial charge on any atom is 0.0518 e. The second-order valence-electron chi connectivity index (χ2n) is 7.19. The molecular weight excluding hydrogens is 248 g/mol. The molecule has 0 saturated heterocycles. The molecule has 0 aliphatic heterocycles. The lowest BCUT2D eigenvalue weighted by Crippen LogP contribution is -2.30. The molecule has 1 aliphatic rings. The minimum Gasteiger partial charge on any atom is -0.379 e. The van der Waals surface area contributed by atoms with Gasteiger partial charge in [-0.15, -0.1) is 0 Å². The summed E-state index contributed by atoms with van der Waals surface area (Å²) in [4.78, 5) is 0. The maximum absolute atomic E-state index is 6.31. The monoisotopic (exact) mass is 278 g/mol. The molecule has 1 aromatic rings. The third-order valence-corrected chi connectivity index (χ3v) is 4.18. The van der Waals surface area contributed by atoms with Crippen LogP contribution in [0.15, 0.2) is 12.3 Å². The van der Waals surface area contributed by atoms with Crippen molar-refractivity contribution in [3.05, 3.63) is 23.5 Å². The SMILES string of the molecule is CC(C)OCCCCn1ccc2c1CC(C)(C)CC2N. The Kier molecular flexibility index (Phi) is 4.92. The largest absolute Gasteiger partial charge is 0.379 e. The number of hydrogen-bond acceptors (Lipinski definition) is 2. The number of nitrogens with zero attached hydrogens (tertiary/aromatic N) is 1. The van der Waals surface area contributed by atoms with Crippen molar-refractivity contribution in [2.24, 2.45) is 11.1 Å². The average molecular weight is 278 g/mol. The molecule has 0 amide bonds. The van der Waals surface area contributed by atoms with Crippen molar-refractivity contribution in [1.82, 2.24) is 4.57 Å². The zero-order chi connectivity index (χ0) is 14.8. The summed E-state index contributed by atoms with van der Waals surface area (Å²) in [5.41, 5.74) is 9.45. The fourth-order valence-electron chi connectivity index (χ4n) is 3.21. The summed E-state index contributed by atoms with van der Waals surface area (Å²) < 4.78 is 8.00. The summed E-state index contributed by atoms with van der Waals surface area (Å²) in [5, 5.41) is 0. The zero-order valence-corrected chi connectivity index (χ0v) is 13.5. The topological polar surface area (TPSA) is 40.2 Å². The Hall–Kier alpha value is -0.800. The summed E-state index contributed by atoms with van der Waals surface area (Å²) in [7, 11) is 0. The molecule has 1 atom stereocenters. The van der Waals surface area contributed by atoms with Gasteiger partial charge >= 0.3 is 0 Å². The van der Waals surface area contributed by atoms with Crippen LogP contribution < -0.4 is 5.73 Å². The van der Waals surface area contributed by atoms with E-state index in [9.17, 15) is 0 Å². The van der Waals surface area contributed by atoms with Crippen LogP contribution in [0.3, 0.4) is 0 Å². The van der Waals surface area contributed by atoms with Crippen LogP contribution in [0, 0.1) is 5.41 Å². The van der Waals surface area contributed by atoms with Gasteiger partial charge in [0, 0.05) is 31.1 Å². The molecule has 1 heterocycles. The number of unbranched alkanes of at least 4 members (excludes halogenated alkanes) is 1. The third kappa shape index (κ3) is 3.86. The van der Waals surface area contributed by atoms with Crippen LogP contribution in [-0.2, 0) is 17.7 Å². The number of ether oxygens (including phenoxy) is 1. The van der Waals surface area contributed by atoms with Gasteiger partial charge in [-0.25, -0.2) is 0 Å². The highest BCUT2D eigenvalue weighted by Gasteiger charge is 2.32.